The zero-order chi connectivity index (χ0) is 15.3. The molecule has 0 aliphatic heterocycles. The highest BCUT2D eigenvalue weighted by Gasteiger charge is 2.29. The van der Waals surface area contributed by atoms with Crippen molar-refractivity contribution in [1.29, 1.82) is 0 Å². The molecule has 0 fully saturated rings. The van der Waals surface area contributed by atoms with E-state index in [4.69, 9.17) is 5.73 Å². The third-order valence-corrected chi connectivity index (χ3v) is 4.24. The van der Waals surface area contributed by atoms with E-state index in [0.29, 0.717) is 6.54 Å². The molecule has 0 heterocycles. The predicted molar refractivity (Wildman–Crippen MR) is 84.6 cm³/mol. The van der Waals surface area contributed by atoms with Crippen molar-refractivity contribution in [2.75, 3.05) is 12.4 Å². The molecule has 0 radical (unpaired) electrons. The molecule has 0 saturated heterocycles. The molecule has 0 bridgehead atoms. The summed E-state index contributed by atoms with van der Waals surface area (Å²) in [5.41, 5.74) is 7.42. The van der Waals surface area contributed by atoms with E-state index < -0.39 is 0 Å². The van der Waals surface area contributed by atoms with Gasteiger partial charge in [-0.3, -0.25) is 9.69 Å². The van der Waals surface area contributed by atoms with Gasteiger partial charge in [0.15, 0.2) is 0 Å². The van der Waals surface area contributed by atoms with E-state index in [2.05, 4.69) is 31.0 Å². The van der Waals surface area contributed by atoms with E-state index >= 15 is 0 Å². The van der Waals surface area contributed by atoms with Crippen LogP contribution >= 0.6 is 0 Å². The number of likely N-dealkylation sites (N-methyl/N-ethyl adjacent to an activating group) is 1. The van der Waals surface area contributed by atoms with Crippen LogP contribution in [-0.4, -0.2) is 29.4 Å². The molecule has 4 nitrogen and oxygen atoms in total. The molecule has 4 heteroatoms. The van der Waals surface area contributed by atoms with E-state index in [1.165, 1.54) is 0 Å². The van der Waals surface area contributed by atoms with Gasteiger partial charge in [-0.05, 0) is 51.9 Å². The van der Waals surface area contributed by atoms with Crippen LogP contribution in [0.1, 0.15) is 39.7 Å². The Hall–Kier alpha value is -1.39. The lowest BCUT2D eigenvalue weighted by molar-refractivity contribution is -0.122. The monoisotopic (exact) mass is 277 g/mol. The minimum absolute atomic E-state index is 0.000162. The van der Waals surface area contributed by atoms with Gasteiger partial charge in [-0.1, -0.05) is 19.1 Å². The molecule has 0 aliphatic carbocycles. The SMILES string of the molecule is CCC(C)(C)N(C)C(C)C(=O)Nc1ccc(CN)cc1. The van der Waals surface area contributed by atoms with Crippen LogP contribution < -0.4 is 11.1 Å². The van der Waals surface area contributed by atoms with E-state index in [0.717, 1.165) is 17.7 Å². The van der Waals surface area contributed by atoms with Crippen LogP contribution in [0.15, 0.2) is 24.3 Å². The lowest BCUT2D eigenvalue weighted by Gasteiger charge is -2.38. The fraction of sp³-hybridized carbons (Fsp3) is 0.562. The molecule has 1 unspecified atom stereocenters. The second-order valence-electron chi connectivity index (χ2n) is 5.84. The van der Waals surface area contributed by atoms with Gasteiger partial charge in [0, 0.05) is 17.8 Å². The molecule has 1 aromatic carbocycles. The maximum atomic E-state index is 12.3. The van der Waals surface area contributed by atoms with Gasteiger partial charge in [0.2, 0.25) is 5.91 Å². The summed E-state index contributed by atoms with van der Waals surface area (Å²) in [6, 6.07) is 7.45. The van der Waals surface area contributed by atoms with Gasteiger partial charge in [0.1, 0.15) is 0 Å². The van der Waals surface area contributed by atoms with Gasteiger partial charge in [-0.15, -0.1) is 0 Å². The summed E-state index contributed by atoms with van der Waals surface area (Å²) < 4.78 is 0. The summed E-state index contributed by atoms with van der Waals surface area (Å²) in [5, 5.41) is 2.95. The highest BCUT2D eigenvalue weighted by atomic mass is 16.2. The number of nitrogens with two attached hydrogens (primary N) is 1. The number of carbonyl (C=O) groups excluding carboxylic acids is 1. The third-order valence-electron chi connectivity index (χ3n) is 4.24. The normalized spacial score (nSPS) is 13.3. The van der Waals surface area contributed by atoms with Gasteiger partial charge in [-0.2, -0.15) is 0 Å². The van der Waals surface area contributed by atoms with E-state index in [1.807, 2.05) is 38.2 Å². The van der Waals surface area contributed by atoms with Crippen LogP contribution in [0.25, 0.3) is 0 Å². The quantitative estimate of drug-likeness (QED) is 0.840. The number of amides is 1. The van der Waals surface area contributed by atoms with Crippen LogP contribution in [-0.2, 0) is 11.3 Å². The van der Waals surface area contributed by atoms with Crippen LogP contribution in [0.4, 0.5) is 5.69 Å². The average Bonchev–Trinajstić information content (AvgIpc) is 2.46. The third kappa shape index (κ3) is 4.05. The Morgan fingerprint density at radius 3 is 2.35 bits per heavy atom. The van der Waals surface area contributed by atoms with Gasteiger partial charge < -0.3 is 11.1 Å². The maximum Gasteiger partial charge on any atom is 0.241 e. The summed E-state index contributed by atoms with van der Waals surface area (Å²) in [4.78, 5) is 14.4. The Morgan fingerprint density at radius 1 is 1.35 bits per heavy atom. The van der Waals surface area contributed by atoms with Crippen molar-refractivity contribution in [2.45, 2.75) is 52.2 Å². The maximum absolute atomic E-state index is 12.3. The number of hydrogen-bond donors (Lipinski definition) is 2. The molecule has 0 spiro atoms. The fourth-order valence-electron chi connectivity index (χ4n) is 1.92. The second kappa shape index (κ2) is 6.86. The second-order valence-corrected chi connectivity index (χ2v) is 5.84. The molecule has 0 saturated carbocycles. The summed E-state index contributed by atoms with van der Waals surface area (Å²) in [7, 11) is 1.99. The number of anilines is 1. The van der Waals surface area contributed by atoms with Crippen LogP contribution in [0, 0.1) is 0 Å². The molecule has 112 valence electrons. The lowest BCUT2D eigenvalue weighted by atomic mass is 9.98. The summed E-state index contributed by atoms with van der Waals surface area (Å²) in [6.45, 7) is 8.87. The summed E-state index contributed by atoms with van der Waals surface area (Å²) >= 11 is 0. The standard InChI is InChI=1S/C16H27N3O/c1-6-16(3,4)19(5)12(2)15(20)18-14-9-7-13(11-17)8-10-14/h7-10,12H,6,11,17H2,1-5H3,(H,18,20). The predicted octanol–water partition coefficient (Wildman–Crippen LogP) is 2.59. The van der Waals surface area contributed by atoms with Crippen molar-refractivity contribution in [3.63, 3.8) is 0 Å². The smallest absolute Gasteiger partial charge is 0.241 e. The molecule has 1 atom stereocenters. The molecule has 0 aliphatic rings. The first-order valence-corrected chi connectivity index (χ1v) is 7.14. The molecule has 1 amide bonds. The van der Waals surface area contributed by atoms with Gasteiger partial charge in [0.25, 0.3) is 0 Å². The van der Waals surface area contributed by atoms with Crippen LogP contribution in [0.3, 0.4) is 0 Å². The summed E-state index contributed by atoms with van der Waals surface area (Å²) in [5.74, 6) is 0.00882. The van der Waals surface area contributed by atoms with E-state index in [1.54, 1.807) is 0 Å². The number of rotatable bonds is 6. The molecule has 0 aromatic heterocycles. The van der Waals surface area contributed by atoms with Crippen molar-refractivity contribution in [1.82, 2.24) is 4.90 Å². The number of benzene rings is 1. The Bertz CT molecular complexity index is 440. The Kier molecular flexibility index (Phi) is 5.72. The van der Waals surface area contributed by atoms with E-state index in [-0.39, 0.29) is 17.5 Å². The first-order valence-electron chi connectivity index (χ1n) is 7.14. The first-order chi connectivity index (χ1) is 9.31. The first kappa shape index (κ1) is 16.7. The summed E-state index contributed by atoms with van der Waals surface area (Å²) in [6.07, 6.45) is 0.992. The minimum atomic E-state index is -0.181. The van der Waals surface area contributed by atoms with Crippen LogP contribution in [0.5, 0.6) is 0 Å². The average molecular weight is 277 g/mol. The molecule has 3 N–H and O–H groups in total. The molecular formula is C16H27N3O. The molecule has 1 rings (SSSR count). The van der Waals surface area contributed by atoms with Crippen molar-refractivity contribution < 1.29 is 4.79 Å². The number of nitrogens with one attached hydrogen (secondary N) is 1. The highest BCUT2D eigenvalue weighted by Crippen LogP contribution is 2.20. The topological polar surface area (TPSA) is 58.4 Å². The zero-order valence-corrected chi connectivity index (χ0v) is 13.2. The van der Waals surface area contributed by atoms with Gasteiger partial charge >= 0.3 is 0 Å². The van der Waals surface area contributed by atoms with Crippen molar-refractivity contribution in [3.8, 4) is 0 Å². The van der Waals surface area contributed by atoms with E-state index in [9.17, 15) is 4.79 Å². The Labute approximate surface area is 122 Å². The molecule has 1 aromatic rings. The minimum Gasteiger partial charge on any atom is -0.326 e. The van der Waals surface area contributed by atoms with Crippen molar-refractivity contribution in [3.05, 3.63) is 29.8 Å². The lowest BCUT2D eigenvalue weighted by Crippen LogP contribution is -2.50. The van der Waals surface area contributed by atoms with Crippen molar-refractivity contribution in [2.24, 2.45) is 5.73 Å². The van der Waals surface area contributed by atoms with Crippen LogP contribution in [0.2, 0.25) is 0 Å². The zero-order valence-electron chi connectivity index (χ0n) is 13.2. The Morgan fingerprint density at radius 2 is 1.90 bits per heavy atom. The largest absolute Gasteiger partial charge is 0.326 e. The molecular weight excluding hydrogens is 250 g/mol. The highest BCUT2D eigenvalue weighted by molar-refractivity contribution is 5.94. The van der Waals surface area contributed by atoms with Gasteiger partial charge in [-0.25, -0.2) is 0 Å². The van der Waals surface area contributed by atoms with Gasteiger partial charge in [0.05, 0.1) is 6.04 Å². The fourth-order valence-corrected chi connectivity index (χ4v) is 1.92. The number of carbonyl (C=O) groups is 1. The number of nitrogens with zero attached hydrogens (tertiary/aromatic N) is 1. The Balaban J connectivity index is 2.70. The number of hydrogen-bond acceptors (Lipinski definition) is 3. The molecule has 20 heavy (non-hydrogen) atoms. The van der Waals surface area contributed by atoms with Crippen molar-refractivity contribution >= 4 is 11.6 Å².